The Morgan fingerprint density at radius 3 is 2.78 bits per heavy atom. The molecule has 0 atom stereocenters. The van der Waals surface area contributed by atoms with E-state index in [4.69, 9.17) is 9.72 Å². The smallest absolute Gasteiger partial charge is 0.123 e. The van der Waals surface area contributed by atoms with Crippen molar-refractivity contribution in [2.75, 3.05) is 14.2 Å². The molecule has 18 heavy (non-hydrogen) atoms. The lowest BCUT2D eigenvalue weighted by atomic mass is 10.0. The molecule has 4 heteroatoms. The van der Waals surface area contributed by atoms with Crippen LogP contribution in [0.25, 0.3) is 10.6 Å². The Balaban J connectivity index is 2.35. The van der Waals surface area contributed by atoms with E-state index in [1.807, 2.05) is 25.2 Å². The molecular weight excluding hydrogens is 244 g/mol. The maximum atomic E-state index is 5.24. The van der Waals surface area contributed by atoms with Crippen LogP contribution in [-0.2, 0) is 5.54 Å². The molecular formula is C14H18N2OS. The quantitative estimate of drug-likeness (QED) is 0.918. The minimum Gasteiger partial charge on any atom is -0.497 e. The van der Waals surface area contributed by atoms with Crippen molar-refractivity contribution in [3.63, 3.8) is 0 Å². The highest BCUT2D eigenvalue weighted by atomic mass is 32.1. The predicted molar refractivity (Wildman–Crippen MR) is 76.2 cm³/mol. The summed E-state index contributed by atoms with van der Waals surface area (Å²) in [5, 5.41) is 6.39. The molecule has 1 heterocycles. The highest BCUT2D eigenvalue weighted by molar-refractivity contribution is 7.13. The van der Waals surface area contributed by atoms with Gasteiger partial charge >= 0.3 is 0 Å². The number of benzene rings is 1. The number of aromatic nitrogens is 1. The second-order valence-corrected chi connectivity index (χ2v) is 5.50. The molecule has 0 bridgehead atoms. The minimum atomic E-state index is -0.104. The SMILES string of the molecule is CNC(C)(C)c1csc(-c2cccc(OC)c2)n1. The van der Waals surface area contributed by atoms with Gasteiger partial charge < -0.3 is 10.1 Å². The van der Waals surface area contributed by atoms with Crippen LogP contribution in [0, 0.1) is 0 Å². The van der Waals surface area contributed by atoms with Crippen LogP contribution in [0.15, 0.2) is 29.6 Å². The number of rotatable bonds is 4. The summed E-state index contributed by atoms with van der Waals surface area (Å²) in [5.41, 5.74) is 2.05. The first kappa shape index (κ1) is 13.1. The van der Waals surface area contributed by atoms with Crippen molar-refractivity contribution in [1.29, 1.82) is 0 Å². The molecule has 0 unspecified atom stereocenters. The van der Waals surface area contributed by atoms with E-state index in [0.717, 1.165) is 22.0 Å². The first-order valence-electron chi connectivity index (χ1n) is 5.86. The van der Waals surface area contributed by atoms with Gasteiger partial charge in [0.2, 0.25) is 0 Å². The summed E-state index contributed by atoms with van der Waals surface area (Å²) >= 11 is 1.66. The van der Waals surface area contributed by atoms with Crippen molar-refractivity contribution in [2.24, 2.45) is 0 Å². The van der Waals surface area contributed by atoms with Gasteiger partial charge in [-0.15, -0.1) is 11.3 Å². The molecule has 0 aliphatic carbocycles. The molecule has 2 aromatic rings. The third kappa shape index (κ3) is 2.54. The van der Waals surface area contributed by atoms with Gasteiger partial charge in [-0.2, -0.15) is 0 Å². The van der Waals surface area contributed by atoms with Gasteiger partial charge in [0.15, 0.2) is 0 Å². The molecule has 0 aliphatic heterocycles. The Labute approximate surface area is 112 Å². The first-order valence-corrected chi connectivity index (χ1v) is 6.74. The summed E-state index contributed by atoms with van der Waals surface area (Å²) in [6.07, 6.45) is 0. The topological polar surface area (TPSA) is 34.1 Å². The predicted octanol–water partition coefficient (Wildman–Crippen LogP) is 3.27. The van der Waals surface area contributed by atoms with E-state index < -0.39 is 0 Å². The van der Waals surface area contributed by atoms with Crippen molar-refractivity contribution < 1.29 is 4.74 Å². The third-order valence-corrected chi connectivity index (χ3v) is 3.98. The lowest BCUT2D eigenvalue weighted by molar-refractivity contribution is 0.415. The zero-order chi connectivity index (χ0) is 13.2. The molecule has 2 rings (SSSR count). The van der Waals surface area contributed by atoms with Gasteiger partial charge in [0, 0.05) is 10.9 Å². The van der Waals surface area contributed by atoms with E-state index in [1.54, 1.807) is 18.4 Å². The normalized spacial score (nSPS) is 11.6. The van der Waals surface area contributed by atoms with Crippen molar-refractivity contribution in [3.05, 3.63) is 35.3 Å². The molecule has 0 saturated heterocycles. The van der Waals surface area contributed by atoms with Crippen LogP contribution < -0.4 is 10.1 Å². The number of methoxy groups -OCH3 is 1. The molecule has 96 valence electrons. The molecule has 3 nitrogen and oxygen atoms in total. The zero-order valence-electron chi connectivity index (χ0n) is 11.2. The van der Waals surface area contributed by atoms with Crippen molar-refractivity contribution in [3.8, 4) is 16.3 Å². The van der Waals surface area contributed by atoms with Gasteiger partial charge in [0.25, 0.3) is 0 Å². The van der Waals surface area contributed by atoms with E-state index in [0.29, 0.717) is 0 Å². The lowest BCUT2D eigenvalue weighted by Crippen LogP contribution is -2.33. The molecule has 1 N–H and O–H groups in total. The average Bonchev–Trinajstić information content (AvgIpc) is 2.89. The summed E-state index contributed by atoms with van der Waals surface area (Å²) in [7, 11) is 3.63. The van der Waals surface area contributed by atoms with E-state index in [9.17, 15) is 0 Å². The summed E-state index contributed by atoms with van der Waals surface area (Å²) in [4.78, 5) is 4.70. The van der Waals surface area contributed by atoms with Gasteiger partial charge in [-0.1, -0.05) is 12.1 Å². The van der Waals surface area contributed by atoms with Gasteiger partial charge in [0.05, 0.1) is 18.3 Å². The number of nitrogens with zero attached hydrogens (tertiary/aromatic N) is 1. The number of ether oxygens (including phenoxy) is 1. The van der Waals surface area contributed by atoms with Crippen molar-refractivity contribution in [1.82, 2.24) is 10.3 Å². The molecule has 0 amide bonds. The van der Waals surface area contributed by atoms with Crippen LogP contribution in [0.5, 0.6) is 5.75 Å². The third-order valence-electron chi connectivity index (χ3n) is 3.09. The lowest BCUT2D eigenvalue weighted by Gasteiger charge is -2.21. The monoisotopic (exact) mass is 262 g/mol. The Morgan fingerprint density at radius 2 is 2.11 bits per heavy atom. The minimum absolute atomic E-state index is 0.104. The first-order chi connectivity index (χ1) is 8.56. The fraction of sp³-hybridized carbons (Fsp3) is 0.357. The summed E-state index contributed by atoms with van der Waals surface area (Å²) in [6.45, 7) is 4.24. The van der Waals surface area contributed by atoms with Crippen LogP contribution in [0.3, 0.4) is 0 Å². The largest absolute Gasteiger partial charge is 0.497 e. The molecule has 0 spiro atoms. The second-order valence-electron chi connectivity index (χ2n) is 4.64. The van der Waals surface area contributed by atoms with Crippen LogP contribution in [0.1, 0.15) is 19.5 Å². The number of nitrogens with one attached hydrogen (secondary N) is 1. The standard InChI is InChI=1S/C14H18N2OS/c1-14(2,15-3)12-9-18-13(16-12)10-6-5-7-11(8-10)17-4/h5-9,15H,1-4H3. The number of hydrogen-bond donors (Lipinski definition) is 1. The molecule has 0 aliphatic rings. The fourth-order valence-electron chi connectivity index (χ4n) is 1.58. The Kier molecular flexibility index (Phi) is 3.68. The summed E-state index contributed by atoms with van der Waals surface area (Å²) < 4.78 is 5.24. The Hall–Kier alpha value is -1.39. The Bertz CT molecular complexity index is 534. The van der Waals surface area contributed by atoms with Crippen LogP contribution in [0.2, 0.25) is 0 Å². The van der Waals surface area contributed by atoms with Gasteiger partial charge in [-0.05, 0) is 33.0 Å². The fourth-order valence-corrected chi connectivity index (χ4v) is 2.56. The summed E-state index contributed by atoms with van der Waals surface area (Å²) in [5.74, 6) is 0.858. The highest BCUT2D eigenvalue weighted by Crippen LogP contribution is 2.30. The second kappa shape index (κ2) is 5.08. The van der Waals surface area contributed by atoms with Crippen LogP contribution in [0.4, 0.5) is 0 Å². The molecule has 0 fully saturated rings. The van der Waals surface area contributed by atoms with Crippen molar-refractivity contribution in [2.45, 2.75) is 19.4 Å². The Morgan fingerprint density at radius 1 is 1.33 bits per heavy atom. The van der Waals surface area contributed by atoms with E-state index >= 15 is 0 Å². The van der Waals surface area contributed by atoms with Crippen molar-refractivity contribution >= 4 is 11.3 Å². The summed E-state index contributed by atoms with van der Waals surface area (Å²) in [6, 6.07) is 7.99. The maximum absolute atomic E-state index is 5.24. The number of thiazole rings is 1. The molecule has 0 radical (unpaired) electrons. The van der Waals surface area contributed by atoms with E-state index in [2.05, 4.69) is 30.6 Å². The molecule has 1 aromatic heterocycles. The average molecular weight is 262 g/mol. The highest BCUT2D eigenvalue weighted by Gasteiger charge is 2.21. The van der Waals surface area contributed by atoms with E-state index in [1.165, 1.54) is 0 Å². The van der Waals surface area contributed by atoms with E-state index in [-0.39, 0.29) is 5.54 Å². The van der Waals surface area contributed by atoms with Crippen LogP contribution in [-0.4, -0.2) is 19.1 Å². The maximum Gasteiger partial charge on any atom is 0.123 e. The number of hydrogen-bond acceptors (Lipinski definition) is 4. The zero-order valence-corrected chi connectivity index (χ0v) is 12.0. The molecule has 1 aromatic carbocycles. The molecule has 0 saturated carbocycles. The van der Waals surface area contributed by atoms with Crippen LogP contribution >= 0.6 is 11.3 Å². The van der Waals surface area contributed by atoms with Gasteiger partial charge in [0.1, 0.15) is 10.8 Å². The van der Waals surface area contributed by atoms with Gasteiger partial charge in [-0.3, -0.25) is 0 Å². The van der Waals surface area contributed by atoms with Gasteiger partial charge in [-0.25, -0.2) is 4.98 Å².